The number of aryl methyl sites for hydroxylation is 1. The van der Waals surface area contributed by atoms with Crippen LogP contribution in [0.4, 0.5) is 5.69 Å². The number of nitrogens with zero attached hydrogens (tertiary/aromatic N) is 1. The van der Waals surface area contributed by atoms with Gasteiger partial charge < -0.3 is 9.47 Å². The molecule has 0 spiro atoms. The first kappa shape index (κ1) is 18.5. The maximum absolute atomic E-state index is 12.9. The summed E-state index contributed by atoms with van der Waals surface area (Å²) in [6.45, 7) is 2.10. The number of amides is 1. The normalized spacial score (nSPS) is 15.7. The number of thiocarbonyl (C=S) groups is 1. The molecule has 0 aliphatic carbocycles. The summed E-state index contributed by atoms with van der Waals surface area (Å²) in [7, 11) is 3.20. The predicted octanol–water partition coefficient (Wildman–Crippen LogP) is 4.67. The highest BCUT2D eigenvalue weighted by Crippen LogP contribution is 2.37. The lowest BCUT2D eigenvalue weighted by atomic mass is 10.1. The molecule has 1 amide bonds. The summed E-state index contributed by atoms with van der Waals surface area (Å²) in [6.07, 6.45) is 2.75. The van der Waals surface area contributed by atoms with Crippen LogP contribution in [-0.4, -0.2) is 24.4 Å². The summed E-state index contributed by atoms with van der Waals surface area (Å²) in [5.41, 5.74) is 2.77. The van der Waals surface area contributed by atoms with Crippen molar-refractivity contribution in [2.45, 2.75) is 13.3 Å². The number of thioether (sulfide) groups is 1. The molecule has 0 radical (unpaired) electrons. The van der Waals surface area contributed by atoms with Crippen LogP contribution >= 0.6 is 24.0 Å². The van der Waals surface area contributed by atoms with E-state index in [4.69, 9.17) is 21.7 Å². The molecule has 1 saturated heterocycles. The highest BCUT2D eigenvalue weighted by Gasteiger charge is 2.33. The Morgan fingerprint density at radius 2 is 1.85 bits per heavy atom. The molecule has 1 aliphatic heterocycles. The van der Waals surface area contributed by atoms with E-state index in [1.54, 1.807) is 25.2 Å². The van der Waals surface area contributed by atoms with Crippen LogP contribution < -0.4 is 14.4 Å². The third-order valence-corrected chi connectivity index (χ3v) is 5.42. The first-order valence-electron chi connectivity index (χ1n) is 8.16. The SMILES string of the molecule is CCc1ccc(N2C(=O)/C(=C/c3cc(OC)ccc3OC)SC2=S)cc1. The van der Waals surface area contributed by atoms with E-state index in [0.29, 0.717) is 20.7 Å². The van der Waals surface area contributed by atoms with E-state index < -0.39 is 0 Å². The standard InChI is InChI=1S/C20H19NO3S2/c1-4-13-5-7-15(8-6-13)21-19(22)18(26-20(21)25)12-14-11-16(23-2)9-10-17(14)24-3/h5-12H,4H2,1-3H3/b18-12-. The van der Waals surface area contributed by atoms with Gasteiger partial charge in [0.25, 0.3) is 5.91 Å². The Hall–Kier alpha value is -2.31. The minimum absolute atomic E-state index is 0.130. The maximum Gasteiger partial charge on any atom is 0.270 e. The lowest BCUT2D eigenvalue weighted by molar-refractivity contribution is -0.113. The zero-order chi connectivity index (χ0) is 18.7. The van der Waals surface area contributed by atoms with Crippen LogP contribution in [0.15, 0.2) is 47.4 Å². The molecule has 4 nitrogen and oxygen atoms in total. The molecule has 2 aromatic carbocycles. The second kappa shape index (κ2) is 7.93. The van der Waals surface area contributed by atoms with Gasteiger partial charge >= 0.3 is 0 Å². The molecule has 0 bridgehead atoms. The number of carbonyl (C=O) groups is 1. The van der Waals surface area contributed by atoms with Crippen molar-refractivity contribution >= 4 is 46.0 Å². The van der Waals surface area contributed by atoms with Crippen molar-refractivity contribution in [2.75, 3.05) is 19.1 Å². The van der Waals surface area contributed by atoms with Crippen molar-refractivity contribution in [1.82, 2.24) is 0 Å². The summed E-state index contributed by atoms with van der Waals surface area (Å²) >= 11 is 6.72. The molecule has 1 fully saturated rings. The Labute approximate surface area is 162 Å². The molecule has 0 atom stereocenters. The minimum Gasteiger partial charge on any atom is -0.497 e. The molecule has 2 aromatic rings. The lowest BCUT2D eigenvalue weighted by Crippen LogP contribution is -2.27. The zero-order valence-corrected chi connectivity index (χ0v) is 16.4. The van der Waals surface area contributed by atoms with Gasteiger partial charge in [-0.2, -0.15) is 0 Å². The van der Waals surface area contributed by atoms with Gasteiger partial charge in [0.1, 0.15) is 11.5 Å². The summed E-state index contributed by atoms with van der Waals surface area (Å²) in [5.74, 6) is 1.24. The number of methoxy groups -OCH3 is 2. The van der Waals surface area contributed by atoms with Crippen molar-refractivity contribution in [1.29, 1.82) is 0 Å². The van der Waals surface area contributed by atoms with Gasteiger partial charge in [0, 0.05) is 5.56 Å². The number of hydrogen-bond donors (Lipinski definition) is 0. The highest BCUT2D eigenvalue weighted by atomic mass is 32.2. The first-order chi connectivity index (χ1) is 12.6. The van der Waals surface area contributed by atoms with E-state index in [0.717, 1.165) is 17.7 Å². The Morgan fingerprint density at radius 1 is 1.12 bits per heavy atom. The molecule has 0 N–H and O–H groups in total. The van der Waals surface area contributed by atoms with Gasteiger partial charge in [0.15, 0.2) is 4.32 Å². The largest absolute Gasteiger partial charge is 0.497 e. The predicted molar refractivity (Wildman–Crippen MR) is 111 cm³/mol. The van der Waals surface area contributed by atoms with Crippen LogP contribution in [-0.2, 0) is 11.2 Å². The van der Waals surface area contributed by atoms with Crippen LogP contribution in [0.1, 0.15) is 18.1 Å². The third kappa shape index (κ3) is 3.61. The van der Waals surface area contributed by atoms with Crippen molar-refractivity contribution in [3.8, 4) is 11.5 Å². The van der Waals surface area contributed by atoms with Gasteiger partial charge in [-0.15, -0.1) is 0 Å². The van der Waals surface area contributed by atoms with Gasteiger partial charge in [-0.25, -0.2) is 0 Å². The van der Waals surface area contributed by atoms with Crippen LogP contribution in [0.5, 0.6) is 11.5 Å². The number of benzene rings is 2. The minimum atomic E-state index is -0.130. The fourth-order valence-electron chi connectivity index (χ4n) is 2.66. The van der Waals surface area contributed by atoms with Crippen LogP contribution in [0.2, 0.25) is 0 Å². The van der Waals surface area contributed by atoms with E-state index in [9.17, 15) is 4.79 Å². The number of rotatable bonds is 5. The van der Waals surface area contributed by atoms with Crippen LogP contribution in [0, 0.1) is 0 Å². The summed E-state index contributed by atoms with van der Waals surface area (Å²) in [6, 6.07) is 13.4. The van der Waals surface area contributed by atoms with Crippen molar-refractivity contribution in [3.63, 3.8) is 0 Å². The Morgan fingerprint density at radius 3 is 2.46 bits per heavy atom. The van der Waals surface area contributed by atoms with Gasteiger partial charge in [0.05, 0.1) is 24.8 Å². The molecular formula is C20H19NO3S2. The fraction of sp³-hybridized carbons (Fsp3) is 0.200. The average Bonchev–Trinajstić information content (AvgIpc) is 2.95. The number of hydrogen-bond acceptors (Lipinski definition) is 5. The molecule has 1 heterocycles. The van der Waals surface area contributed by atoms with E-state index in [1.807, 2.05) is 42.5 Å². The van der Waals surface area contributed by atoms with Crippen LogP contribution in [0.25, 0.3) is 6.08 Å². The monoisotopic (exact) mass is 385 g/mol. The van der Waals surface area contributed by atoms with Crippen LogP contribution in [0.3, 0.4) is 0 Å². The topological polar surface area (TPSA) is 38.8 Å². The molecule has 6 heteroatoms. The Kier molecular flexibility index (Phi) is 5.64. The quantitative estimate of drug-likeness (QED) is 0.552. The molecule has 0 aromatic heterocycles. The van der Waals surface area contributed by atoms with Gasteiger partial charge in [-0.1, -0.05) is 43.0 Å². The molecular weight excluding hydrogens is 366 g/mol. The summed E-state index contributed by atoms with van der Waals surface area (Å²) in [5, 5.41) is 0. The third-order valence-electron chi connectivity index (χ3n) is 4.12. The fourth-order valence-corrected chi connectivity index (χ4v) is 3.95. The van der Waals surface area contributed by atoms with Gasteiger partial charge in [0.2, 0.25) is 0 Å². The van der Waals surface area contributed by atoms with Gasteiger partial charge in [-0.3, -0.25) is 9.69 Å². The second-order valence-electron chi connectivity index (χ2n) is 5.65. The van der Waals surface area contributed by atoms with Crippen molar-refractivity contribution in [3.05, 3.63) is 58.5 Å². The molecule has 134 valence electrons. The molecule has 0 unspecified atom stereocenters. The Bertz CT molecular complexity index is 875. The molecule has 1 aliphatic rings. The zero-order valence-electron chi connectivity index (χ0n) is 14.8. The second-order valence-corrected chi connectivity index (χ2v) is 7.32. The van der Waals surface area contributed by atoms with E-state index in [2.05, 4.69) is 6.92 Å². The maximum atomic E-state index is 12.9. The highest BCUT2D eigenvalue weighted by molar-refractivity contribution is 8.27. The van der Waals surface area contributed by atoms with E-state index in [-0.39, 0.29) is 5.91 Å². The smallest absolute Gasteiger partial charge is 0.270 e. The number of anilines is 1. The molecule has 26 heavy (non-hydrogen) atoms. The van der Waals surface area contributed by atoms with Crippen molar-refractivity contribution in [2.24, 2.45) is 0 Å². The summed E-state index contributed by atoms with van der Waals surface area (Å²) in [4.78, 5) is 15.0. The average molecular weight is 386 g/mol. The number of carbonyl (C=O) groups excluding carboxylic acids is 1. The Balaban J connectivity index is 1.94. The molecule has 0 saturated carbocycles. The van der Waals surface area contributed by atoms with Gasteiger partial charge in [-0.05, 0) is 48.4 Å². The van der Waals surface area contributed by atoms with Crippen molar-refractivity contribution < 1.29 is 14.3 Å². The molecule has 3 rings (SSSR count). The summed E-state index contributed by atoms with van der Waals surface area (Å²) < 4.78 is 11.2. The van der Waals surface area contributed by atoms with E-state index >= 15 is 0 Å². The first-order valence-corrected chi connectivity index (χ1v) is 9.38. The number of ether oxygens (including phenoxy) is 2. The lowest BCUT2D eigenvalue weighted by Gasteiger charge is -2.14. The van der Waals surface area contributed by atoms with E-state index in [1.165, 1.54) is 17.3 Å².